The number of fused-ring (bicyclic) bond motifs is 2. The predicted octanol–water partition coefficient (Wildman–Crippen LogP) is 5.98. The monoisotopic (exact) mass is 639 g/mol. The number of carbonyl (C=O) groups is 1. The lowest BCUT2D eigenvalue weighted by atomic mass is 9.78. The summed E-state index contributed by atoms with van der Waals surface area (Å²) in [4.78, 5) is 15.8. The van der Waals surface area contributed by atoms with Crippen LogP contribution in [0.3, 0.4) is 0 Å². The van der Waals surface area contributed by atoms with Gasteiger partial charge in [-0.1, -0.05) is 41.9 Å². The molecule has 2 atom stereocenters. The SMILES string of the molecule is O=C(C1=CCC2(c3ccc(OCCOc4cc(F)ccc4Br)cc3)CNCC1N2)N(Cc1cccc(Cl)c1)C1CC1. The highest BCUT2D eigenvalue weighted by Crippen LogP contribution is 2.37. The number of piperazine rings is 1. The van der Waals surface area contributed by atoms with Gasteiger partial charge in [-0.2, -0.15) is 0 Å². The topological polar surface area (TPSA) is 62.8 Å². The van der Waals surface area contributed by atoms with Crippen LogP contribution in [-0.4, -0.2) is 49.2 Å². The van der Waals surface area contributed by atoms with Crippen molar-refractivity contribution in [1.82, 2.24) is 15.5 Å². The number of halogens is 3. The van der Waals surface area contributed by atoms with E-state index in [-0.39, 0.29) is 29.9 Å². The van der Waals surface area contributed by atoms with Gasteiger partial charge in [0.15, 0.2) is 0 Å². The smallest absolute Gasteiger partial charge is 0.251 e. The van der Waals surface area contributed by atoms with Gasteiger partial charge in [-0.3, -0.25) is 10.1 Å². The Hall–Kier alpha value is -2.91. The first-order valence-electron chi connectivity index (χ1n) is 14.0. The van der Waals surface area contributed by atoms with Gasteiger partial charge in [0.2, 0.25) is 0 Å². The molecule has 9 heteroatoms. The van der Waals surface area contributed by atoms with Gasteiger partial charge in [-0.15, -0.1) is 0 Å². The second-order valence-corrected chi connectivity index (χ2v) is 12.2. The van der Waals surface area contributed by atoms with Crippen molar-refractivity contribution < 1.29 is 18.7 Å². The van der Waals surface area contributed by atoms with Crippen LogP contribution in [0.5, 0.6) is 11.5 Å². The Balaban J connectivity index is 1.09. The van der Waals surface area contributed by atoms with Crippen LogP contribution in [0.25, 0.3) is 0 Å². The van der Waals surface area contributed by atoms with Crippen LogP contribution in [0, 0.1) is 5.82 Å². The zero-order valence-corrected chi connectivity index (χ0v) is 24.9. The summed E-state index contributed by atoms with van der Waals surface area (Å²) >= 11 is 9.57. The highest BCUT2D eigenvalue weighted by Gasteiger charge is 2.44. The molecule has 6 rings (SSSR count). The molecule has 0 aromatic heterocycles. The fraction of sp³-hybridized carbons (Fsp3) is 0.344. The Labute approximate surface area is 253 Å². The number of amides is 1. The number of rotatable bonds is 10. The molecule has 0 spiro atoms. The Bertz CT molecular complexity index is 1450. The van der Waals surface area contributed by atoms with E-state index >= 15 is 0 Å². The molecule has 214 valence electrons. The lowest BCUT2D eigenvalue weighted by molar-refractivity contribution is -0.129. The van der Waals surface area contributed by atoms with Crippen molar-refractivity contribution in [1.29, 1.82) is 0 Å². The van der Waals surface area contributed by atoms with Gasteiger partial charge >= 0.3 is 0 Å². The first-order chi connectivity index (χ1) is 19.9. The Kier molecular flexibility index (Phi) is 8.35. The molecule has 2 fully saturated rings. The van der Waals surface area contributed by atoms with Crippen LogP contribution in [-0.2, 0) is 16.9 Å². The molecule has 2 heterocycles. The van der Waals surface area contributed by atoms with E-state index in [0.717, 1.165) is 41.8 Å². The van der Waals surface area contributed by atoms with Gasteiger partial charge in [0.1, 0.15) is 30.5 Å². The number of benzene rings is 3. The zero-order valence-electron chi connectivity index (χ0n) is 22.5. The van der Waals surface area contributed by atoms with Gasteiger partial charge in [0.25, 0.3) is 5.91 Å². The number of hydrogen-bond donors (Lipinski definition) is 2. The summed E-state index contributed by atoms with van der Waals surface area (Å²) in [5.41, 5.74) is 2.73. The number of carbonyl (C=O) groups excluding carboxylic acids is 1. The number of hydrogen-bond acceptors (Lipinski definition) is 5. The van der Waals surface area contributed by atoms with Crippen LogP contribution >= 0.6 is 27.5 Å². The Morgan fingerprint density at radius 3 is 2.66 bits per heavy atom. The highest BCUT2D eigenvalue weighted by atomic mass is 79.9. The van der Waals surface area contributed by atoms with Gasteiger partial charge < -0.3 is 19.7 Å². The summed E-state index contributed by atoms with van der Waals surface area (Å²) in [7, 11) is 0. The van der Waals surface area contributed by atoms with Crippen molar-refractivity contribution >= 4 is 33.4 Å². The van der Waals surface area contributed by atoms with E-state index in [4.69, 9.17) is 21.1 Å². The third-order valence-electron chi connectivity index (χ3n) is 7.92. The second kappa shape index (κ2) is 12.1. The molecule has 2 aliphatic heterocycles. The third-order valence-corrected chi connectivity index (χ3v) is 8.81. The molecule has 1 aliphatic carbocycles. The van der Waals surface area contributed by atoms with E-state index < -0.39 is 0 Å². The van der Waals surface area contributed by atoms with Gasteiger partial charge in [-0.05, 0) is 82.7 Å². The molecule has 2 bridgehead atoms. The summed E-state index contributed by atoms with van der Waals surface area (Å²) in [6.45, 7) is 2.66. The van der Waals surface area contributed by atoms with Crippen molar-refractivity contribution in [3.8, 4) is 11.5 Å². The molecule has 0 radical (unpaired) electrons. The maximum Gasteiger partial charge on any atom is 0.251 e. The number of nitrogens with one attached hydrogen (secondary N) is 2. The van der Waals surface area contributed by atoms with Crippen molar-refractivity contribution in [2.24, 2.45) is 0 Å². The standard InChI is InChI=1S/C32H32BrClFN3O3/c33-28-11-6-24(35)17-30(28)41-15-14-40-26-9-4-22(5-10-26)32-13-12-27(29(37-32)18-36-20-32)31(39)38(25-7-8-25)19-21-2-1-3-23(34)16-21/h1-6,9-12,16-17,25,29,36-37H,7-8,13-15,18-20H2. The maximum atomic E-state index is 13.8. The van der Waals surface area contributed by atoms with Crippen LogP contribution < -0.4 is 20.1 Å². The molecule has 2 N–H and O–H groups in total. The molecule has 1 saturated carbocycles. The van der Waals surface area contributed by atoms with E-state index in [9.17, 15) is 9.18 Å². The summed E-state index contributed by atoms with van der Waals surface area (Å²) in [6.07, 6.45) is 4.94. The van der Waals surface area contributed by atoms with E-state index in [1.165, 1.54) is 12.1 Å². The normalized spacial score (nSPS) is 21.6. The summed E-state index contributed by atoms with van der Waals surface area (Å²) < 4.78 is 25.7. The Morgan fingerprint density at radius 1 is 1.07 bits per heavy atom. The Morgan fingerprint density at radius 2 is 1.88 bits per heavy atom. The average molecular weight is 641 g/mol. The maximum absolute atomic E-state index is 13.8. The van der Waals surface area contributed by atoms with Crippen molar-refractivity contribution in [2.45, 2.75) is 43.4 Å². The van der Waals surface area contributed by atoms with Crippen molar-refractivity contribution in [3.63, 3.8) is 0 Å². The fourth-order valence-electron chi connectivity index (χ4n) is 5.67. The minimum atomic E-state index is -0.348. The molecular weight excluding hydrogens is 609 g/mol. The van der Waals surface area contributed by atoms with Gasteiger partial charge in [-0.25, -0.2) is 4.39 Å². The fourth-order valence-corrected chi connectivity index (χ4v) is 6.24. The molecule has 3 aliphatic rings. The summed E-state index contributed by atoms with van der Waals surface area (Å²) in [6, 6.07) is 20.4. The summed E-state index contributed by atoms with van der Waals surface area (Å²) in [5.74, 6) is 0.939. The van der Waals surface area contributed by atoms with E-state index in [0.29, 0.717) is 47.4 Å². The van der Waals surface area contributed by atoms with E-state index in [1.807, 2.05) is 41.3 Å². The molecule has 2 unspecified atom stereocenters. The largest absolute Gasteiger partial charge is 0.490 e. The lowest BCUT2D eigenvalue weighted by Crippen LogP contribution is -2.65. The molecule has 3 aromatic rings. The molecule has 3 aromatic carbocycles. The average Bonchev–Trinajstić information content (AvgIpc) is 3.82. The molecule has 1 amide bonds. The second-order valence-electron chi connectivity index (χ2n) is 10.9. The number of nitrogens with zero attached hydrogens (tertiary/aromatic N) is 1. The minimum Gasteiger partial charge on any atom is -0.490 e. The van der Waals surface area contributed by atoms with Crippen LogP contribution in [0.2, 0.25) is 5.02 Å². The minimum absolute atomic E-state index is 0.0687. The van der Waals surface area contributed by atoms with E-state index in [1.54, 1.807) is 6.07 Å². The molecule has 6 nitrogen and oxygen atoms in total. The highest BCUT2D eigenvalue weighted by molar-refractivity contribution is 9.10. The van der Waals surface area contributed by atoms with Crippen LogP contribution in [0.1, 0.15) is 30.4 Å². The van der Waals surface area contributed by atoms with Gasteiger partial charge in [0, 0.05) is 42.3 Å². The quantitative estimate of drug-likeness (QED) is 0.267. The zero-order chi connectivity index (χ0) is 28.4. The first-order valence-corrected chi connectivity index (χ1v) is 15.1. The predicted molar refractivity (Wildman–Crippen MR) is 161 cm³/mol. The van der Waals surface area contributed by atoms with Crippen molar-refractivity contribution in [2.75, 3.05) is 26.3 Å². The molecule has 1 saturated heterocycles. The number of ether oxygens (including phenoxy) is 2. The van der Waals surface area contributed by atoms with E-state index in [2.05, 4.69) is 44.8 Å². The summed E-state index contributed by atoms with van der Waals surface area (Å²) in [5, 5.41) is 8.06. The van der Waals surface area contributed by atoms with Crippen LogP contribution in [0.15, 0.2) is 82.9 Å². The lowest BCUT2D eigenvalue weighted by Gasteiger charge is -2.47. The van der Waals surface area contributed by atoms with Crippen molar-refractivity contribution in [3.05, 3.63) is 105 Å². The third kappa shape index (κ3) is 6.46. The van der Waals surface area contributed by atoms with Crippen LogP contribution in [0.4, 0.5) is 4.39 Å². The molecule has 41 heavy (non-hydrogen) atoms. The molecular formula is C32H32BrClFN3O3. The van der Waals surface area contributed by atoms with Gasteiger partial charge in [0.05, 0.1) is 16.1 Å². The first kappa shape index (κ1) is 28.2.